The Kier molecular flexibility index (Phi) is 3.22. The maximum absolute atomic E-state index is 6.00. The Morgan fingerprint density at radius 3 is 2.64 bits per heavy atom. The van der Waals surface area contributed by atoms with Crippen LogP contribution < -0.4 is 16.4 Å². The van der Waals surface area contributed by atoms with E-state index in [1.165, 1.54) is 23.1 Å². The number of hydrogen-bond acceptors (Lipinski definition) is 5. The van der Waals surface area contributed by atoms with Gasteiger partial charge in [0.2, 0.25) is 5.95 Å². The minimum Gasteiger partial charge on any atom is -0.368 e. The topological polar surface area (TPSA) is 81.1 Å². The third-order valence-corrected chi connectivity index (χ3v) is 4.61. The summed E-state index contributed by atoms with van der Waals surface area (Å²) in [4.78, 5) is 11.3. The van der Waals surface area contributed by atoms with Gasteiger partial charge < -0.3 is 16.4 Å². The summed E-state index contributed by atoms with van der Waals surface area (Å²) in [5.41, 5.74) is 16.7. The van der Waals surface area contributed by atoms with Crippen molar-refractivity contribution in [1.82, 2.24) is 9.97 Å². The molecule has 1 aliphatic carbocycles. The van der Waals surface area contributed by atoms with E-state index in [1.807, 2.05) is 0 Å². The van der Waals surface area contributed by atoms with Crippen molar-refractivity contribution in [3.8, 4) is 11.3 Å². The molecular weight excluding hydrogens is 274 g/mol. The number of hydrogen-bond donors (Lipinski definition) is 2. The number of anilines is 2. The van der Waals surface area contributed by atoms with E-state index in [0.717, 1.165) is 43.9 Å². The summed E-state index contributed by atoms with van der Waals surface area (Å²) in [5.74, 6) is 1.34. The summed E-state index contributed by atoms with van der Waals surface area (Å²) in [6.07, 6.45) is 4.45. The van der Waals surface area contributed by atoms with Gasteiger partial charge in [0.1, 0.15) is 5.82 Å². The van der Waals surface area contributed by atoms with Crippen molar-refractivity contribution in [2.75, 3.05) is 23.7 Å². The average Bonchev–Trinajstić information content (AvgIpc) is 2.47. The summed E-state index contributed by atoms with van der Waals surface area (Å²) >= 11 is 0. The Labute approximate surface area is 130 Å². The molecule has 1 aromatic heterocycles. The number of nitrogen functional groups attached to an aromatic ring is 1. The molecule has 2 aromatic rings. The van der Waals surface area contributed by atoms with Crippen molar-refractivity contribution in [2.45, 2.75) is 31.7 Å². The highest BCUT2D eigenvalue weighted by Gasteiger charge is 2.29. The first kappa shape index (κ1) is 13.5. The number of benzene rings is 1. The number of rotatable bonds is 1. The fraction of sp³-hybridized carbons (Fsp3) is 0.412. The average molecular weight is 295 g/mol. The predicted molar refractivity (Wildman–Crippen MR) is 88.7 cm³/mol. The van der Waals surface area contributed by atoms with E-state index < -0.39 is 0 Å². The Balaban J connectivity index is 1.89. The number of nitrogens with two attached hydrogens (primary N) is 2. The van der Waals surface area contributed by atoms with Crippen LogP contribution >= 0.6 is 0 Å². The molecule has 2 aliphatic rings. The molecule has 4 rings (SSSR count). The van der Waals surface area contributed by atoms with E-state index in [4.69, 9.17) is 11.5 Å². The van der Waals surface area contributed by atoms with E-state index in [9.17, 15) is 0 Å². The van der Waals surface area contributed by atoms with Crippen molar-refractivity contribution >= 4 is 11.8 Å². The third kappa shape index (κ3) is 2.22. The van der Waals surface area contributed by atoms with Crippen LogP contribution in [-0.2, 0) is 12.8 Å². The molecule has 1 aromatic carbocycles. The van der Waals surface area contributed by atoms with Crippen LogP contribution in [-0.4, -0.2) is 29.1 Å². The second-order valence-electron chi connectivity index (χ2n) is 6.26. The molecule has 4 N–H and O–H groups in total. The quantitative estimate of drug-likeness (QED) is 0.837. The fourth-order valence-electron chi connectivity index (χ4n) is 3.48. The lowest BCUT2D eigenvalue weighted by Gasteiger charge is -2.39. The van der Waals surface area contributed by atoms with Gasteiger partial charge in [0.05, 0.1) is 5.69 Å². The first-order valence-electron chi connectivity index (χ1n) is 7.97. The highest BCUT2D eigenvalue weighted by Crippen LogP contribution is 2.36. The van der Waals surface area contributed by atoms with Gasteiger partial charge in [-0.2, -0.15) is 4.98 Å². The van der Waals surface area contributed by atoms with Gasteiger partial charge in [-0.15, -0.1) is 0 Å². The molecule has 0 atom stereocenters. The third-order valence-electron chi connectivity index (χ3n) is 4.61. The van der Waals surface area contributed by atoms with Crippen molar-refractivity contribution < 1.29 is 0 Å². The van der Waals surface area contributed by atoms with Gasteiger partial charge in [-0.3, -0.25) is 0 Å². The van der Waals surface area contributed by atoms with E-state index in [2.05, 4.69) is 39.1 Å². The van der Waals surface area contributed by atoms with E-state index >= 15 is 0 Å². The maximum atomic E-state index is 6.00. The summed E-state index contributed by atoms with van der Waals surface area (Å²) in [6, 6.07) is 8.76. The molecule has 0 saturated carbocycles. The number of aromatic nitrogens is 2. The zero-order chi connectivity index (χ0) is 15.1. The van der Waals surface area contributed by atoms with Gasteiger partial charge in [-0.25, -0.2) is 4.98 Å². The van der Waals surface area contributed by atoms with E-state index in [0.29, 0.717) is 5.95 Å². The van der Waals surface area contributed by atoms with Crippen molar-refractivity contribution in [3.05, 3.63) is 35.4 Å². The van der Waals surface area contributed by atoms with Crippen LogP contribution in [0.25, 0.3) is 11.3 Å². The maximum Gasteiger partial charge on any atom is 0.222 e. The van der Waals surface area contributed by atoms with Gasteiger partial charge in [-0.05, 0) is 31.2 Å². The number of aryl methyl sites for hydroxylation is 1. The van der Waals surface area contributed by atoms with Gasteiger partial charge in [-0.1, -0.05) is 24.3 Å². The minimum atomic E-state index is 0.243. The molecule has 0 bridgehead atoms. The molecule has 1 fully saturated rings. The zero-order valence-corrected chi connectivity index (χ0v) is 12.6. The van der Waals surface area contributed by atoms with Crippen LogP contribution in [0.2, 0.25) is 0 Å². The molecule has 114 valence electrons. The van der Waals surface area contributed by atoms with Crippen LogP contribution in [0.5, 0.6) is 0 Å². The van der Waals surface area contributed by atoms with Crippen LogP contribution in [0.1, 0.15) is 24.0 Å². The second-order valence-corrected chi connectivity index (χ2v) is 6.26. The molecule has 1 saturated heterocycles. The molecule has 0 radical (unpaired) electrons. The highest BCUT2D eigenvalue weighted by molar-refractivity contribution is 5.73. The molecule has 0 amide bonds. The Morgan fingerprint density at radius 2 is 1.82 bits per heavy atom. The van der Waals surface area contributed by atoms with Crippen LogP contribution in [0, 0.1) is 0 Å². The second kappa shape index (κ2) is 5.25. The normalized spacial score (nSPS) is 18.0. The SMILES string of the molecule is Nc1nc2c(c(N3CC(N)C3)n1)CCCCc1ccccc1-2. The lowest BCUT2D eigenvalue weighted by atomic mass is 9.91. The largest absolute Gasteiger partial charge is 0.368 e. The molecule has 2 heterocycles. The lowest BCUT2D eigenvalue weighted by Crippen LogP contribution is -2.56. The van der Waals surface area contributed by atoms with E-state index in [-0.39, 0.29) is 6.04 Å². The van der Waals surface area contributed by atoms with Crippen LogP contribution in [0.4, 0.5) is 11.8 Å². The number of fused-ring (bicyclic) bond motifs is 3. The van der Waals surface area contributed by atoms with E-state index in [1.54, 1.807) is 0 Å². The summed E-state index contributed by atoms with van der Waals surface area (Å²) < 4.78 is 0. The Bertz CT molecular complexity index is 706. The molecule has 5 heteroatoms. The summed E-state index contributed by atoms with van der Waals surface area (Å²) in [5, 5.41) is 0. The molecule has 22 heavy (non-hydrogen) atoms. The number of nitrogens with zero attached hydrogens (tertiary/aromatic N) is 3. The standard InChI is InChI=1S/C17H21N5/c18-12-9-22(10-12)16-14-8-4-2-6-11-5-1-3-7-13(11)15(14)20-17(19)21-16/h1,3,5,7,12H,2,4,6,8-10,18H2,(H2,19,20,21). The van der Waals surface area contributed by atoms with Crippen LogP contribution in [0.15, 0.2) is 24.3 Å². The van der Waals surface area contributed by atoms with Crippen molar-refractivity contribution in [3.63, 3.8) is 0 Å². The first-order chi connectivity index (χ1) is 10.7. The Hall–Kier alpha value is -2.14. The zero-order valence-electron chi connectivity index (χ0n) is 12.6. The first-order valence-corrected chi connectivity index (χ1v) is 7.97. The summed E-state index contributed by atoms with van der Waals surface area (Å²) in [7, 11) is 0. The minimum absolute atomic E-state index is 0.243. The van der Waals surface area contributed by atoms with Gasteiger partial charge in [0.15, 0.2) is 0 Å². The molecule has 0 spiro atoms. The van der Waals surface area contributed by atoms with Gasteiger partial charge in [0, 0.05) is 30.3 Å². The molecule has 1 aliphatic heterocycles. The van der Waals surface area contributed by atoms with Gasteiger partial charge in [0.25, 0.3) is 0 Å². The predicted octanol–water partition coefficient (Wildman–Crippen LogP) is 1.75. The smallest absolute Gasteiger partial charge is 0.222 e. The van der Waals surface area contributed by atoms with Crippen molar-refractivity contribution in [1.29, 1.82) is 0 Å². The lowest BCUT2D eigenvalue weighted by molar-refractivity contribution is 0.512. The summed E-state index contributed by atoms with van der Waals surface area (Å²) in [6.45, 7) is 1.70. The van der Waals surface area contributed by atoms with Gasteiger partial charge >= 0.3 is 0 Å². The molecular formula is C17H21N5. The molecule has 5 nitrogen and oxygen atoms in total. The van der Waals surface area contributed by atoms with Crippen LogP contribution in [0.3, 0.4) is 0 Å². The fourth-order valence-corrected chi connectivity index (χ4v) is 3.48. The van der Waals surface area contributed by atoms with Crippen molar-refractivity contribution in [2.24, 2.45) is 5.73 Å². The Morgan fingerprint density at radius 1 is 1.05 bits per heavy atom. The molecule has 0 unspecified atom stereocenters. The highest BCUT2D eigenvalue weighted by atomic mass is 15.3. The monoisotopic (exact) mass is 295 g/mol.